The van der Waals surface area contributed by atoms with Crippen LogP contribution in [0, 0.1) is 11.3 Å². The number of nitrogens with zero attached hydrogens (tertiary/aromatic N) is 2. The van der Waals surface area contributed by atoms with Crippen LogP contribution >= 0.6 is 11.3 Å². The molecule has 0 bridgehead atoms. The van der Waals surface area contributed by atoms with Crippen LogP contribution < -0.4 is 5.32 Å². The van der Waals surface area contributed by atoms with Crippen molar-refractivity contribution in [3.63, 3.8) is 0 Å². The van der Waals surface area contributed by atoms with Gasteiger partial charge in [0.05, 0.1) is 0 Å². The zero-order valence-electron chi connectivity index (χ0n) is 11.9. The maximum absolute atomic E-state index is 8.81. The Hall–Kier alpha value is -1.67. The van der Waals surface area contributed by atoms with Crippen molar-refractivity contribution in [3.05, 3.63) is 57.3 Å². The first-order chi connectivity index (χ1) is 9.69. The second-order valence-electron chi connectivity index (χ2n) is 4.99. The zero-order chi connectivity index (χ0) is 14.4. The summed E-state index contributed by atoms with van der Waals surface area (Å²) in [5.41, 5.74) is 2.69. The van der Waals surface area contributed by atoms with E-state index < -0.39 is 0 Å². The summed E-state index contributed by atoms with van der Waals surface area (Å²) in [7, 11) is 4.17. The summed E-state index contributed by atoms with van der Waals surface area (Å²) in [6, 6.07) is 14.6. The number of thiophene rings is 1. The molecule has 0 unspecified atom stereocenters. The maximum atomic E-state index is 8.81. The molecule has 1 heterocycles. The lowest BCUT2D eigenvalue weighted by Gasteiger charge is -2.14. The van der Waals surface area contributed by atoms with E-state index in [1.807, 2.05) is 12.1 Å². The van der Waals surface area contributed by atoms with Crippen molar-refractivity contribution < 1.29 is 0 Å². The van der Waals surface area contributed by atoms with Gasteiger partial charge >= 0.3 is 0 Å². The molecule has 4 heteroatoms. The number of rotatable bonds is 6. The number of nitrogens with one attached hydrogen (secondary N) is 1. The third-order valence-corrected chi connectivity index (χ3v) is 3.98. The van der Waals surface area contributed by atoms with E-state index in [1.54, 1.807) is 11.3 Å². The fraction of sp³-hybridized carbons (Fsp3) is 0.312. The summed E-state index contributed by atoms with van der Waals surface area (Å²) >= 11 is 1.55. The quantitative estimate of drug-likeness (QED) is 0.887. The largest absolute Gasteiger partial charge is 0.308 e. The molecule has 1 aromatic carbocycles. The lowest BCUT2D eigenvalue weighted by molar-refractivity contribution is 0.400. The van der Waals surface area contributed by atoms with Crippen molar-refractivity contribution in [1.82, 2.24) is 10.2 Å². The Labute approximate surface area is 124 Å². The van der Waals surface area contributed by atoms with Crippen molar-refractivity contribution in [2.75, 3.05) is 14.1 Å². The fourth-order valence-corrected chi connectivity index (χ4v) is 2.85. The highest BCUT2D eigenvalue weighted by Crippen LogP contribution is 2.15. The number of hydrogen-bond acceptors (Lipinski definition) is 4. The molecule has 1 aromatic heterocycles. The summed E-state index contributed by atoms with van der Waals surface area (Å²) in [5, 5.41) is 12.3. The molecular weight excluding hydrogens is 266 g/mol. The lowest BCUT2D eigenvalue weighted by atomic mass is 10.1. The van der Waals surface area contributed by atoms with Crippen LogP contribution in [0.3, 0.4) is 0 Å². The minimum absolute atomic E-state index is 0.773. The summed E-state index contributed by atoms with van der Waals surface area (Å²) in [4.78, 5) is 4.15. The number of nitriles is 1. The monoisotopic (exact) mass is 285 g/mol. The molecule has 2 rings (SSSR count). The molecule has 104 valence electrons. The molecule has 20 heavy (non-hydrogen) atoms. The molecule has 3 nitrogen and oxygen atoms in total. The molecular formula is C16H19N3S. The Balaban J connectivity index is 1.92. The molecule has 1 N–H and O–H groups in total. The molecule has 0 atom stereocenters. The van der Waals surface area contributed by atoms with Crippen molar-refractivity contribution in [2.45, 2.75) is 19.6 Å². The average molecular weight is 285 g/mol. The van der Waals surface area contributed by atoms with Crippen molar-refractivity contribution in [2.24, 2.45) is 0 Å². The Morgan fingerprint density at radius 2 is 1.85 bits per heavy atom. The standard InChI is InChI=1S/C16H19N3S/c1-19(2)12-14-6-4-3-5-13(14)10-18-11-16-8-7-15(9-17)20-16/h3-8,18H,10-12H2,1-2H3. The topological polar surface area (TPSA) is 39.1 Å². The van der Waals surface area contributed by atoms with Crippen LogP contribution in [0.15, 0.2) is 36.4 Å². The van der Waals surface area contributed by atoms with Gasteiger partial charge < -0.3 is 10.2 Å². The second-order valence-corrected chi connectivity index (χ2v) is 6.16. The van der Waals surface area contributed by atoms with Gasteiger partial charge in [0.1, 0.15) is 10.9 Å². The van der Waals surface area contributed by atoms with E-state index in [0.717, 1.165) is 24.5 Å². The Morgan fingerprint density at radius 1 is 1.10 bits per heavy atom. The highest BCUT2D eigenvalue weighted by molar-refractivity contribution is 7.12. The molecule has 0 spiro atoms. The van der Waals surface area contributed by atoms with Crippen LogP contribution in [-0.4, -0.2) is 19.0 Å². The van der Waals surface area contributed by atoms with Crippen LogP contribution in [0.4, 0.5) is 0 Å². The summed E-state index contributed by atoms with van der Waals surface area (Å²) in [6.07, 6.45) is 0. The van der Waals surface area contributed by atoms with Crippen LogP contribution in [-0.2, 0) is 19.6 Å². The van der Waals surface area contributed by atoms with Gasteiger partial charge in [-0.15, -0.1) is 11.3 Å². The van der Waals surface area contributed by atoms with Crippen LogP contribution in [0.2, 0.25) is 0 Å². The van der Waals surface area contributed by atoms with Gasteiger partial charge in [0.25, 0.3) is 0 Å². The van der Waals surface area contributed by atoms with Gasteiger partial charge in [-0.05, 0) is 37.4 Å². The smallest absolute Gasteiger partial charge is 0.110 e. The lowest BCUT2D eigenvalue weighted by Crippen LogP contribution is -2.16. The fourth-order valence-electron chi connectivity index (χ4n) is 2.08. The predicted octanol–water partition coefficient (Wildman–Crippen LogP) is 2.97. The maximum Gasteiger partial charge on any atom is 0.110 e. The molecule has 0 radical (unpaired) electrons. The van der Waals surface area contributed by atoms with Gasteiger partial charge in [-0.3, -0.25) is 0 Å². The van der Waals surface area contributed by atoms with Crippen LogP contribution in [0.1, 0.15) is 20.9 Å². The van der Waals surface area contributed by atoms with E-state index in [9.17, 15) is 0 Å². The van der Waals surface area contributed by atoms with Crippen molar-refractivity contribution in [1.29, 1.82) is 5.26 Å². The predicted molar refractivity (Wildman–Crippen MR) is 83.4 cm³/mol. The molecule has 0 saturated carbocycles. The first kappa shape index (κ1) is 14.7. The Morgan fingerprint density at radius 3 is 2.50 bits per heavy atom. The average Bonchev–Trinajstić information content (AvgIpc) is 2.88. The SMILES string of the molecule is CN(C)Cc1ccccc1CNCc1ccc(C#N)s1. The molecule has 0 aliphatic rings. The number of hydrogen-bond donors (Lipinski definition) is 1. The molecule has 0 amide bonds. The van der Waals surface area contributed by atoms with Crippen molar-refractivity contribution >= 4 is 11.3 Å². The summed E-state index contributed by atoms with van der Waals surface area (Å²) in [6.45, 7) is 2.61. The van der Waals surface area contributed by atoms with Gasteiger partial charge in [-0.2, -0.15) is 5.26 Å². The minimum Gasteiger partial charge on any atom is -0.308 e. The van der Waals surface area contributed by atoms with Gasteiger partial charge in [0.15, 0.2) is 0 Å². The summed E-state index contributed by atoms with van der Waals surface area (Å²) < 4.78 is 0. The minimum atomic E-state index is 0.773. The summed E-state index contributed by atoms with van der Waals surface area (Å²) in [5.74, 6) is 0. The van der Waals surface area contributed by atoms with E-state index in [1.165, 1.54) is 16.0 Å². The Kier molecular flexibility index (Phi) is 5.31. The van der Waals surface area contributed by atoms with Crippen LogP contribution in [0.5, 0.6) is 0 Å². The number of benzene rings is 1. The van der Waals surface area contributed by atoms with Gasteiger partial charge in [-0.1, -0.05) is 24.3 Å². The van der Waals surface area contributed by atoms with Crippen LogP contribution in [0.25, 0.3) is 0 Å². The first-order valence-corrected chi connectivity index (χ1v) is 7.41. The zero-order valence-corrected chi connectivity index (χ0v) is 12.7. The van der Waals surface area contributed by atoms with Gasteiger partial charge in [-0.25, -0.2) is 0 Å². The van der Waals surface area contributed by atoms with E-state index in [0.29, 0.717) is 0 Å². The molecule has 0 fully saturated rings. The first-order valence-electron chi connectivity index (χ1n) is 6.60. The van der Waals surface area contributed by atoms with E-state index in [4.69, 9.17) is 5.26 Å². The van der Waals surface area contributed by atoms with E-state index in [-0.39, 0.29) is 0 Å². The van der Waals surface area contributed by atoms with Gasteiger partial charge in [0.2, 0.25) is 0 Å². The highest BCUT2D eigenvalue weighted by Gasteiger charge is 2.03. The molecule has 0 aliphatic heterocycles. The van der Waals surface area contributed by atoms with Gasteiger partial charge in [0, 0.05) is 24.5 Å². The normalized spacial score (nSPS) is 10.7. The third-order valence-electron chi connectivity index (χ3n) is 2.99. The van der Waals surface area contributed by atoms with Crippen molar-refractivity contribution in [3.8, 4) is 6.07 Å². The molecule has 0 saturated heterocycles. The third kappa shape index (κ3) is 4.17. The van der Waals surface area contributed by atoms with E-state index >= 15 is 0 Å². The molecule has 0 aliphatic carbocycles. The molecule has 2 aromatic rings. The second kappa shape index (κ2) is 7.20. The van der Waals surface area contributed by atoms with E-state index in [2.05, 4.69) is 54.6 Å². The Bertz CT molecular complexity index is 596. The highest BCUT2D eigenvalue weighted by atomic mass is 32.1.